The molecule has 1 N–H and O–H groups in total. The zero-order chi connectivity index (χ0) is 19.5. The number of nitrogens with one attached hydrogen (secondary N) is 1. The van der Waals surface area contributed by atoms with E-state index in [1.165, 1.54) is 16.7 Å². The summed E-state index contributed by atoms with van der Waals surface area (Å²) in [5.41, 5.74) is 1.34. The van der Waals surface area contributed by atoms with E-state index < -0.39 is 5.25 Å². The highest BCUT2D eigenvalue weighted by Gasteiger charge is 2.41. The van der Waals surface area contributed by atoms with Crippen LogP contribution < -0.4 is 10.2 Å². The van der Waals surface area contributed by atoms with Crippen molar-refractivity contribution in [1.82, 2.24) is 4.90 Å². The van der Waals surface area contributed by atoms with Gasteiger partial charge in [0.2, 0.25) is 11.8 Å². The molecule has 1 atom stereocenters. The molecule has 4 rings (SSSR count). The number of hydrogen-bond donors (Lipinski definition) is 1. The Hall–Kier alpha value is -2.80. The van der Waals surface area contributed by atoms with Gasteiger partial charge < -0.3 is 15.1 Å². The van der Waals surface area contributed by atoms with E-state index in [1.54, 1.807) is 17.0 Å². The van der Waals surface area contributed by atoms with Crippen LogP contribution in [-0.4, -0.2) is 47.5 Å². The Morgan fingerprint density at radius 1 is 1.00 bits per heavy atom. The predicted octanol–water partition coefficient (Wildman–Crippen LogP) is 2.76. The van der Waals surface area contributed by atoms with Gasteiger partial charge in [-0.15, -0.1) is 11.8 Å². The van der Waals surface area contributed by atoms with Crippen molar-refractivity contribution in [1.29, 1.82) is 0 Å². The van der Waals surface area contributed by atoms with Crippen molar-refractivity contribution in [2.45, 2.75) is 23.0 Å². The molecule has 1 saturated heterocycles. The van der Waals surface area contributed by atoms with E-state index in [1.807, 2.05) is 42.5 Å². The normalized spacial score (nSPS) is 18.7. The van der Waals surface area contributed by atoms with Crippen LogP contribution in [0.15, 0.2) is 59.5 Å². The molecule has 7 heteroatoms. The van der Waals surface area contributed by atoms with Crippen molar-refractivity contribution in [2.24, 2.45) is 0 Å². The minimum atomic E-state index is -0.836. The molecule has 0 radical (unpaired) electrons. The Morgan fingerprint density at radius 2 is 1.68 bits per heavy atom. The van der Waals surface area contributed by atoms with Gasteiger partial charge in [-0.05, 0) is 37.1 Å². The lowest BCUT2D eigenvalue weighted by atomic mass is 10.2. The van der Waals surface area contributed by atoms with Crippen molar-refractivity contribution in [3.05, 3.63) is 54.6 Å². The Labute approximate surface area is 167 Å². The highest BCUT2D eigenvalue weighted by atomic mass is 32.2. The molecule has 0 unspecified atom stereocenters. The second-order valence-corrected chi connectivity index (χ2v) is 7.98. The molecule has 2 aromatic rings. The van der Waals surface area contributed by atoms with Crippen LogP contribution in [0, 0.1) is 0 Å². The molecule has 0 aliphatic carbocycles. The van der Waals surface area contributed by atoms with Crippen LogP contribution in [0.1, 0.15) is 12.8 Å². The van der Waals surface area contributed by atoms with Gasteiger partial charge in [0.05, 0.1) is 5.69 Å². The van der Waals surface area contributed by atoms with Crippen molar-refractivity contribution in [3.8, 4) is 0 Å². The maximum atomic E-state index is 13.2. The van der Waals surface area contributed by atoms with Crippen LogP contribution in [0.2, 0.25) is 0 Å². The lowest BCUT2D eigenvalue weighted by molar-refractivity contribution is -0.134. The third kappa shape index (κ3) is 3.75. The third-order valence-corrected chi connectivity index (χ3v) is 6.13. The van der Waals surface area contributed by atoms with Crippen LogP contribution in [0.5, 0.6) is 0 Å². The molecule has 6 nitrogen and oxygen atoms in total. The van der Waals surface area contributed by atoms with Crippen LogP contribution in [0.3, 0.4) is 0 Å². The fourth-order valence-corrected chi connectivity index (χ4v) is 4.69. The summed E-state index contributed by atoms with van der Waals surface area (Å²) in [4.78, 5) is 42.6. The molecule has 2 heterocycles. The van der Waals surface area contributed by atoms with E-state index in [2.05, 4.69) is 5.32 Å². The minimum absolute atomic E-state index is 0.130. The molecule has 2 aromatic carbocycles. The monoisotopic (exact) mass is 395 g/mol. The summed E-state index contributed by atoms with van der Waals surface area (Å²) in [5, 5.41) is 1.97. The molecule has 2 aliphatic heterocycles. The number of likely N-dealkylation sites (tertiary alicyclic amines) is 1. The molecule has 0 bridgehead atoms. The smallest absolute Gasteiger partial charge is 0.250 e. The van der Waals surface area contributed by atoms with E-state index in [0.29, 0.717) is 24.5 Å². The third-order valence-electron chi connectivity index (χ3n) is 4.89. The number of anilines is 2. The molecule has 3 amide bonds. The second kappa shape index (κ2) is 8.06. The summed E-state index contributed by atoms with van der Waals surface area (Å²) in [6.45, 7) is 1.26. The Balaban J connectivity index is 1.56. The maximum Gasteiger partial charge on any atom is 0.250 e. The van der Waals surface area contributed by atoms with Gasteiger partial charge in [-0.2, -0.15) is 0 Å². The average Bonchev–Trinajstić information content (AvgIpc) is 3.25. The van der Waals surface area contributed by atoms with Crippen LogP contribution in [0.4, 0.5) is 11.4 Å². The molecule has 1 fully saturated rings. The zero-order valence-electron chi connectivity index (χ0n) is 15.3. The van der Waals surface area contributed by atoms with E-state index >= 15 is 0 Å². The molecule has 28 heavy (non-hydrogen) atoms. The molecular weight excluding hydrogens is 374 g/mol. The average molecular weight is 395 g/mol. The standard InChI is InChI=1S/C21H21N3O3S/c25-18(22-15-8-2-1-3-9-15)14-24-16-10-4-5-11-17(16)28-19(21(24)27)20(26)23-12-6-7-13-23/h1-5,8-11,19H,6-7,12-14H2,(H,22,25)/t19-/m0/s1. The number of carbonyl (C=O) groups is 3. The summed E-state index contributed by atoms with van der Waals surface area (Å²) in [5.74, 6) is -0.784. The molecule has 0 spiro atoms. The van der Waals surface area contributed by atoms with Gasteiger partial charge in [0.1, 0.15) is 6.54 Å². The number of carbonyl (C=O) groups excluding carboxylic acids is 3. The zero-order valence-corrected chi connectivity index (χ0v) is 16.2. The van der Waals surface area contributed by atoms with E-state index in [0.717, 1.165) is 17.7 Å². The number of hydrogen-bond acceptors (Lipinski definition) is 4. The van der Waals surface area contributed by atoms with Gasteiger partial charge in [-0.1, -0.05) is 30.3 Å². The fourth-order valence-electron chi connectivity index (χ4n) is 3.51. The fraction of sp³-hybridized carbons (Fsp3) is 0.286. The topological polar surface area (TPSA) is 69.7 Å². The van der Waals surface area contributed by atoms with Crippen molar-refractivity contribution < 1.29 is 14.4 Å². The molecule has 0 saturated carbocycles. The first kappa shape index (κ1) is 18.6. The lowest BCUT2D eigenvalue weighted by Gasteiger charge is -2.34. The van der Waals surface area contributed by atoms with Gasteiger partial charge in [0.25, 0.3) is 5.91 Å². The van der Waals surface area contributed by atoms with Crippen LogP contribution in [0.25, 0.3) is 0 Å². The number of nitrogens with zero attached hydrogens (tertiary/aromatic N) is 2. The summed E-state index contributed by atoms with van der Waals surface area (Å²) in [6, 6.07) is 16.5. The van der Waals surface area contributed by atoms with Crippen molar-refractivity contribution in [3.63, 3.8) is 0 Å². The summed E-state index contributed by atoms with van der Waals surface area (Å²) in [6.07, 6.45) is 1.94. The number of amides is 3. The van der Waals surface area contributed by atoms with Crippen LogP contribution >= 0.6 is 11.8 Å². The molecular formula is C21H21N3O3S. The van der Waals surface area contributed by atoms with E-state index in [4.69, 9.17) is 0 Å². The Morgan fingerprint density at radius 3 is 2.43 bits per heavy atom. The highest BCUT2D eigenvalue weighted by molar-refractivity contribution is 8.01. The quantitative estimate of drug-likeness (QED) is 0.809. The summed E-state index contributed by atoms with van der Waals surface area (Å²) < 4.78 is 0. The first-order valence-corrected chi connectivity index (χ1v) is 10.2. The Bertz CT molecular complexity index is 897. The maximum absolute atomic E-state index is 13.2. The number of rotatable bonds is 4. The second-order valence-electron chi connectivity index (χ2n) is 6.84. The van der Waals surface area contributed by atoms with Crippen molar-refractivity contribution in [2.75, 3.05) is 29.9 Å². The number of benzene rings is 2. The van der Waals surface area contributed by atoms with E-state index in [9.17, 15) is 14.4 Å². The minimum Gasteiger partial charge on any atom is -0.341 e. The number of thioether (sulfide) groups is 1. The van der Waals surface area contributed by atoms with Gasteiger partial charge in [0.15, 0.2) is 5.25 Å². The summed E-state index contributed by atoms with van der Waals surface area (Å²) in [7, 11) is 0. The number of para-hydroxylation sites is 2. The van der Waals surface area contributed by atoms with Gasteiger partial charge in [-0.3, -0.25) is 14.4 Å². The highest BCUT2D eigenvalue weighted by Crippen LogP contribution is 2.40. The molecule has 0 aromatic heterocycles. The molecule has 144 valence electrons. The van der Waals surface area contributed by atoms with Gasteiger partial charge in [-0.25, -0.2) is 0 Å². The van der Waals surface area contributed by atoms with E-state index in [-0.39, 0.29) is 24.3 Å². The van der Waals surface area contributed by atoms with Crippen molar-refractivity contribution >= 4 is 40.9 Å². The van der Waals surface area contributed by atoms with Gasteiger partial charge >= 0.3 is 0 Å². The van der Waals surface area contributed by atoms with Gasteiger partial charge in [0, 0.05) is 23.7 Å². The largest absolute Gasteiger partial charge is 0.341 e. The lowest BCUT2D eigenvalue weighted by Crippen LogP contribution is -2.51. The first-order valence-electron chi connectivity index (χ1n) is 9.34. The first-order chi connectivity index (χ1) is 13.6. The SMILES string of the molecule is O=C(CN1C(=O)[C@H](C(=O)N2CCCC2)Sc2ccccc21)Nc1ccccc1. The molecule has 2 aliphatic rings. The predicted molar refractivity (Wildman–Crippen MR) is 109 cm³/mol. The summed E-state index contributed by atoms with van der Waals surface area (Å²) >= 11 is 1.28. The number of fused-ring (bicyclic) bond motifs is 1. The Kier molecular flexibility index (Phi) is 5.34. The van der Waals surface area contributed by atoms with Crippen LogP contribution in [-0.2, 0) is 14.4 Å².